The van der Waals surface area contributed by atoms with Crippen LogP contribution < -0.4 is 11.5 Å². The van der Waals surface area contributed by atoms with Crippen molar-refractivity contribution in [3.63, 3.8) is 0 Å². The zero-order valence-electron chi connectivity index (χ0n) is 46.5. The van der Waals surface area contributed by atoms with Gasteiger partial charge in [0.15, 0.2) is 0 Å². The fourth-order valence-electron chi connectivity index (χ4n) is 3.41. The molecule has 28 nitrogen and oxygen atoms in total. The molecule has 0 bridgehead atoms. The van der Waals surface area contributed by atoms with Crippen LogP contribution in [0, 0.1) is 5.41 Å². The number of nitrogens with two attached hydrogens (primary N) is 2. The number of carboxylic acids is 2. The minimum atomic E-state index is -3.85. The summed E-state index contributed by atoms with van der Waals surface area (Å²) in [5.41, 5.74) is 9.55. The van der Waals surface area contributed by atoms with Gasteiger partial charge in [-0.25, -0.2) is 24.4 Å². The standard InChI is InChI=1S/C8H12N2O2.C6H10O4.C6H14O3.C6H14O2.C5H12O2.C4H10O2.C3H10N2.C3H8O4S.C3H6O.C2H4O.CH2O3.Na.H2/c11-7-9-5-3-1-2-4-6-10-8-12;7-5(8)3-1-2-4-6(9)10;1-2-6(3-7,4-8)5-9;7-5-3-1-2-4-6-8;6-4-2-1-3-5-7;5-3-1-2-4-6;1-3(5)2-4;4-2-1-3-8(5,6)7;1-3-2-4-3;1-2-3-1;2-1(3)4;;/h1-6H2;1-4H2,(H,7,8)(H,9,10);7-9H,2-5H2,1H3;7-8H,1-6H2;6-7H,1-5H2;5-6H,1-4H2;3H,2,4-5H2,1H3;4H,1-3H2,(H,5,6,7);3H,2H2,1H3;1-2H2;(H2,2,3,4);;1H. The monoisotopic (exact) mass is 1160 g/mol. The van der Waals surface area contributed by atoms with Crippen LogP contribution in [0.2, 0.25) is 0 Å². The number of aliphatic carboxylic acids is 2. The van der Waals surface area contributed by atoms with Crippen LogP contribution in [-0.4, -0.2) is 268 Å². The number of ether oxygens (including phenoxy) is 2. The second-order valence-corrected chi connectivity index (χ2v) is 17.4. The summed E-state index contributed by atoms with van der Waals surface area (Å²) < 4.78 is 36.9. The summed E-state index contributed by atoms with van der Waals surface area (Å²) in [6.45, 7) is 11.2. The van der Waals surface area contributed by atoms with Gasteiger partial charge in [0.05, 0.1) is 64.6 Å². The van der Waals surface area contributed by atoms with Crippen molar-refractivity contribution < 1.29 is 119 Å². The van der Waals surface area contributed by atoms with Gasteiger partial charge in [0, 0.05) is 108 Å². The van der Waals surface area contributed by atoms with Gasteiger partial charge in [0.2, 0.25) is 12.2 Å². The third-order valence-electron chi connectivity index (χ3n) is 8.29. The number of unbranched alkanes of at least 4 members (excludes halogenated alkanes) is 10. The van der Waals surface area contributed by atoms with Crippen LogP contribution in [0.5, 0.6) is 0 Å². The smallest absolute Gasteiger partial charge is 0.481 e. The van der Waals surface area contributed by atoms with E-state index in [0.717, 1.165) is 103 Å². The Hall–Kier alpha value is -2.68. The minimum Gasteiger partial charge on any atom is -0.481 e. The van der Waals surface area contributed by atoms with Crippen LogP contribution in [0.25, 0.3) is 0 Å². The number of aliphatic hydroxyl groups is 10. The molecule has 463 valence electrons. The number of aliphatic imine (C=N–C) groups is 2. The van der Waals surface area contributed by atoms with Crippen LogP contribution in [0.4, 0.5) is 4.79 Å². The first kappa shape index (κ1) is 96.6. The van der Waals surface area contributed by atoms with E-state index < -0.39 is 33.6 Å². The predicted molar refractivity (Wildman–Crippen MR) is 292 cm³/mol. The Balaban J connectivity index is -0.0000000713. The van der Waals surface area contributed by atoms with E-state index in [2.05, 4.69) is 21.6 Å². The molecular formula is C47H104N4NaO24S. The molecule has 2 rings (SSSR count). The van der Waals surface area contributed by atoms with Crippen molar-refractivity contribution in [3.8, 4) is 0 Å². The molecule has 2 aliphatic heterocycles. The fourth-order valence-corrected chi connectivity index (χ4v) is 3.90. The molecule has 0 aromatic rings. The molecule has 0 amide bonds. The third kappa shape index (κ3) is 160. The van der Waals surface area contributed by atoms with E-state index in [1.807, 2.05) is 13.8 Å². The topological polar surface area (TPSA) is 525 Å². The van der Waals surface area contributed by atoms with Crippen molar-refractivity contribution in [2.75, 3.05) is 111 Å². The molecule has 2 aliphatic rings. The first-order valence-electron chi connectivity index (χ1n) is 25.1. The third-order valence-corrected chi connectivity index (χ3v) is 9.10. The average Bonchev–Trinajstić information content (AvgIpc) is 4.34. The van der Waals surface area contributed by atoms with Gasteiger partial charge in [0.1, 0.15) is 0 Å². The SMILES string of the molecule is C1CO1.CC(N)CN.CC1CO1.CCC(CO)(CO)CO.O=C(O)CCCCC(=O)O.O=C(O)O.O=C=NCCCCCCN=C=O.O=S(=O)(O)CCCO.OCCCCCCO.OCCCCCO.OCCCCO.[HH].[Na]. The summed E-state index contributed by atoms with van der Waals surface area (Å²) in [5, 5.41) is 113. The molecule has 2 saturated heterocycles. The number of aliphatic hydroxyl groups excluding tert-OH is 10. The molecule has 0 aromatic carbocycles. The number of nitrogens with zero attached hydrogens (tertiary/aromatic N) is 2. The maximum absolute atomic E-state index is 9.90. The van der Waals surface area contributed by atoms with E-state index in [1.54, 1.807) is 0 Å². The van der Waals surface area contributed by atoms with Crippen LogP contribution in [0.15, 0.2) is 9.98 Å². The second kappa shape index (κ2) is 87.2. The molecule has 30 heteroatoms. The summed E-state index contributed by atoms with van der Waals surface area (Å²) >= 11 is 0. The van der Waals surface area contributed by atoms with Crippen molar-refractivity contribution in [1.82, 2.24) is 0 Å². The summed E-state index contributed by atoms with van der Waals surface area (Å²) in [6, 6.07) is 0.162. The van der Waals surface area contributed by atoms with Gasteiger partial charge in [-0.1, -0.05) is 32.6 Å². The summed E-state index contributed by atoms with van der Waals surface area (Å²) in [6.07, 6.45) is 15.1. The summed E-state index contributed by atoms with van der Waals surface area (Å²) in [7, 11) is -3.85. The van der Waals surface area contributed by atoms with Crippen molar-refractivity contribution in [2.45, 2.75) is 155 Å². The number of hydrogen-bond acceptors (Lipinski definition) is 23. The number of carbonyl (C=O) groups excluding carboxylic acids is 2. The van der Waals surface area contributed by atoms with E-state index in [-0.39, 0.29) is 128 Å². The van der Waals surface area contributed by atoms with Crippen LogP contribution in [-0.2, 0) is 38.8 Å². The zero-order valence-corrected chi connectivity index (χ0v) is 49.3. The predicted octanol–water partition coefficient (Wildman–Crippen LogP) is 0.776. The quantitative estimate of drug-likeness (QED) is 0.0110. The maximum Gasteiger partial charge on any atom is 0.503 e. The Morgan fingerprint density at radius 1 is 0.610 bits per heavy atom. The van der Waals surface area contributed by atoms with Gasteiger partial charge in [-0.15, -0.1) is 0 Å². The van der Waals surface area contributed by atoms with Crippen LogP contribution in [0.1, 0.15) is 144 Å². The van der Waals surface area contributed by atoms with Gasteiger partial charge in [-0.3, -0.25) is 14.1 Å². The largest absolute Gasteiger partial charge is 0.503 e. The number of hydrogen-bond donors (Lipinski definition) is 17. The van der Waals surface area contributed by atoms with Gasteiger partial charge < -0.3 is 92.4 Å². The van der Waals surface area contributed by atoms with Gasteiger partial charge in [0.25, 0.3) is 10.1 Å². The zero-order chi connectivity index (χ0) is 60.6. The van der Waals surface area contributed by atoms with E-state index in [1.165, 1.54) is 12.2 Å². The van der Waals surface area contributed by atoms with Crippen LogP contribution >= 0.6 is 0 Å². The normalized spacial score (nSPS) is 12.0. The Bertz CT molecular complexity index is 1280. The van der Waals surface area contributed by atoms with Crippen molar-refractivity contribution >= 4 is 69.9 Å². The molecule has 0 aliphatic carbocycles. The number of epoxide rings is 2. The Labute approximate surface area is 480 Å². The van der Waals surface area contributed by atoms with Gasteiger partial charge in [-0.2, -0.15) is 8.42 Å². The first-order chi connectivity index (χ1) is 36.0. The molecular weight excluding hydrogens is 1060 g/mol. The van der Waals surface area contributed by atoms with E-state index in [4.69, 9.17) is 97.0 Å². The maximum atomic E-state index is 9.90. The first-order valence-corrected chi connectivity index (χ1v) is 26.7. The average molecular weight is 1160 g/mol. The molecule has 0 aromatic heterocycles. The Morgan fingerprint density at radius 2 is 0.857 bits per heavy atom. The Morgan fingerprint density at radius 3 is 1.00 bits per heavy atom. The molecule has 1 radical (unpaired) electrons. The van der Waals surface area contributed by atoms with E-state index >= 15 is 0 Å². The summed E-state index contributed by atoms with van der Waals surface area (Å²) in [5.74, 6) is -2.10. The second-order valence-electron chi connectivity index (χ2n) is 15.8. The van der Waals surface area contributed by atoms with Crippen LogP contribution in [0.3, 0.4) is 0 Å². The number of carboxylic acid groups (broad SMARTS) is 4. The number of isocyanates is 2. The Kier molecular flexibility index (Phi) is 109. The van der Waals surface area contributed by atoms with Crippen molar-refractivity contribution in [3.05, 3.63) is 0 Å². The molecule has 2 unspecified atom stereocenters. The fraction of sp³-hybridized carbons (Fsp3) is 0.894. The molecule has 2 fully saturated rings. The van der Waals surface area contributed by atoms with Crippen molar-refractivity contribution in [1.29, 1.82) is 0 Å². The molecule has 2 atom stereocenters. The molecule has 77 heavy (non-hydrogen) atoms. The van der Waals surface area contributed by atoms with E-state index in [9.17, 15) is 27.6 Å². The van der Waals surface area contributed by atoms with E-state index in [0.29, 0.717) is 45.0 Å². The summed E-state index contributed by atoms with van der Waals surface area (Å²) in [4.78, 5) is 54.4. The number of carbonyl (C=O) groups is 3. The molecule has 2 heterocycles. The molecule has 0 saturated carbocycles. The van der Waals surface area contributed by atoms with Crippen molar-refractivity contribution in [2.24, 2.45) is 26.9 Å². The van der Waals surface area contributed by atoms with Gasteiger partial charge in [-0.05, 0) is 97.3 Å². The van der Waals surface area contributed by atoms with Gasteiger partial charge >= 0.3 is 18.1 Å². The minimum absolute atomic E-state index is 0. The number of rotatable bonds is 32. The molecule has 19 N–H and O–H groups in total. The molecule has 0 spiro atoms.